The summed E-state index contributed by atoms with van der Waals surface area (Å²) in [5, 5.41) is 4.02. The number of fused-ring (bicyclic) bond motifs is 1. The zero-order valence-electron chi connectivity index (χ0n) is 7.19. The molecule has 0 radical (unpaired) electrons. The molecular weight excluding hydrogens is 166 g/mol. The van der Waals surface area contributed by atoms with Crippen LogP contribution < -0.4 is 5.73 Å². The van der Waals surface area contributed by atoms with Crippen molar-refractivity contribution in [2.75, 3.05) is 0 Å². The van der Waals surface area contributed by atoms with Gasteiger partial charge in [-0.2, -0.15) is 5.10 Å². The molecule has 4 nitrogen and oxygen atoms in total. The number of hydrogen-bond acceptors (Lipinski definition) is 2. The van der Waals surface area contributed by atoms with Crippen molar-refractivity contribution in [3.63, 3.8) is 0 Å². The molecular formula is C9H9N3O. The normalized spacial score (nSPS) is 10.5. The molecule has 0 bridgehead atoms. The van der Waals surface area contributed by atoms with Crippen molar-refractivity contribution in [3.8, 4) is 0 Å². The lowest BCUT2D eigenvalue weighted by atomic mass is 10.2. The Balaban J connectivity index is 2.86. The van der Waals surface area contributed by atoms with Gasteiger partial charge in [-0.15, -0.1) is 0 Å². The van der Waals surface area contributed by atoms with Gasteiger partial charge in [0, 0.05) is 6.20 Å². The Morgan fingerprint density at radius 2 is 2.38 bits per heavy atom. The van der Waals surface area contributed by atoms with E-state index in [4.69, 9.17) is 5.73 Å². The second-order valence-electron chi connectivity index (χ2n) is 2.91. The fraction of sp³-hybridized carbons (Fsp3) is 0.111. The molecule has 0 atom stereocenters. The van der Waals surface area contributed by atoms with Gasteiger partial charge in [-0.3, -0.25) is 4.79 Å². The molecule has 2 heterocycles. The molecule has 0 unspecified atom stereocenters. The number of carbonyl (C=O) groups is 1. The minimum absolute atomic E-state index is 0.440. The predicted octanol–water partition coefficient (Wildman–Crippen LogP) is 0.742. The molecule has 1 amide bonds. The minimum atomic E-state index is -0.440. The van der Waals surface area contributed by atoms with Crippen LogP contribution in [0, 0.1) is 6.92 Å². The molecule has 2 aromatic rings. The summed E-state index contributed by atoms with van der Waals surface area (Å²) in [4.78, 5) is 11.0. The van der Waals surface area contributed by atoms with Crippen LogP contribution in [0.2, 0.25) is 0 Å². The number of rotatable bonds is 1. The number of aryl methyl sites for hydroxylation is 1. The third-order valence-corrected chi connectivity index (χ3v) is 2.01. The molecule has 0 spiro atoms. The first-order chi connectivity index (χ1) is 6.20. The van der Waals surface area contributed by atoms with Crippen LogP contribution in [0.3, 0.4) is 0 Å². The average Bonchev–Trinajstić information content (AvgIpc) is 2.49. The smallest absolute Gasteiger partial charge is 0.252 e. The lowest BCUT2D eigenvalue weighted by Gasteiger charge is -1.98. The maximum absolute atomic E-state index is 11.0. The largest absolute Gasteiger partial charge is 0.365 e. The maximum atomic E-state index is 11.0. The molecule has 13 heavy (non-hydrogen) atoms. The van der Waals surface area contributed by atoms with Crippen molar-refractivity contribution in [1.82, 2.24) is 9.61 Å². The molecule has 0 fully saturated rings. The second-order valence-corrected chi connectivity index (χ2v) is 2.91. The third kappa shape index (κ3) is 1.07. The molecule has 0 aliphatic rings. The van der Waals surface area contributed by atoms with Gasteiger partial charge < -0.3 is 5.73 Å². The van der Waals surface area contributed by atoms with E-state index in [1.165, 1.54) is 6.20 Å². The quantitative estimate of drug-likeness (QED) is 0.694. The van der Waals surface area contributed by atoms with E-state index in [0.29, 0.717) is 5.56 Å². The molecule has 0 saturated heterocycles. The van der Waals surface area contributed by atoms with Crippen LogP contribution in [-0.2, 0) is 0 Å². The number of hydrogen-bond donors (Lipinski definition) is 1. The molecule has 0 aromatic carbocycles. The van der Waals surface area contributed by atoms with Gasteiger partial charge in [-0.1, -0.05) is 6.07 Å². The summed E-state index contributed by atoms with van der Waals surface area (Å²) >= 11 is 0. The Bertz CT molecular complexity index is 473. The van der Waals surface area contributed by atoms with Crippen molar-refractivity contribution < 1.29 is 4.79 Å². The highest BCUT2D eigenvalue weighted by Crippen LogP contribution is 2.13. The van der Waals surface area contributed by atoms with Gasteiger partial charge in [-0.25, -0.2) is 4.52 Å². The Morgan fingerprint density at radius 3 is 3.08 bits per heavy atom. The molecule has 2 rings (SSSR count). The minimum Gasteiger partial charge on any atom is -0.365 e. The summed E-state index contributed by atoms with van der Waals surface area (Å²) in [6.45, 7) is 1.92. The first-order valence-electron chi connectivity index (χ1n) is 3.93. The summed E-state index contributed by atoms with van der Waals surface area (Å²) in [5.74, 6) is -0.440. The predicted molar refractivity (Wildman–Crippen MR) is 48.4 cm³/mol. The second kappa shape index (κ2) is 2.58. The van der Waals surface area contributed by atoms with E-state index in [1.54, 1.807) is 10.7 Å². The van der Waals surface area contributed by atoms with E-state index in [9.17, 15) is 4.79 Å². The SMILES string of the molecule is Cc1cccn2ncc(C(N)=O)c12. The summed E-state index contributed by atoms with van der Waals surface area (Å²) in [6, 6.07) is 3.80. The number of nitrogens with two attached hydrogens (primary N) is 1. The van der Waals surface area contributed by atoms with Gasteiger partial charge in [0.15, 0.2) is 0 Å². The average molecular weight is 175 g/mol. The monoisotopic (exact) mass is 175 g/mol. The standard InChI is InChI=1S/C9H9N3O/c1-6-3-2-4-12-8(6)7(5-11-12)9(10)13/h2-5H,1H3,(H2,10,13). The van der Waals surface area contributed by atoms with Crippen molar-refractivity contribution in [3.05, 3.63) is 35.7 Å². The van der Waals surface area contributed by atoms with E-state index in [2.05, 4.69) is 5.10 Å². The Labute approximate surface area is 75.0 Å². The number of aromatic nitrogens is 2. The number of nitrogens with zero attached hydrogens (tertiary/aromatic N) is 2. The van der Waals surface area contributed by atoms with E-state index < -0.39 is 5.91 Å². The van der Waals surface area contributed by atoms with E-state index in [1.807, 2.05) is 19.1 Å². The first kappa shape index (κ1) is 7.79. The Morgan fingerprint density at radius 1 is 1.62 bits per heavy atom. The molecule has 2 N–H and O–H groups in total. The Kier molecular flexibility index (Phi) is 1.55. The maximum Gasteiger partial charge on any atom is 0.252 e. The molecule has 0 aliphatic carbocycles. The summed E-state index contributed by atoms with van der Waals surface area (Å²) in [7, 11) is 0. The van der Waals surface area contributed by atoms with Crippen LogP contribution in [0.25, 0.3) is 5.52 Å². The van der Waals surface area contributed by atoms with Crippen molar-refractivity contribution in [2.24, 2.45) is 5.73 Å². The summed E-state index contributed by atoms with van der Waals surface area (Å²) < 4.78 is 1.65. The molecule has 66 valence electrons. The van der Waals surface area contributed by atoms with Gasteiger partial charge in [-0.05, 0) is 18.6 Å². The van der Waals surface area contributed by atoms with Crippen LogP contribution in [-0.4, -0.2) is 15.5 Å². The number of pyridine rings is 1. The molecule has 4 heteroatoms. The lowest BCUT2D eigenvalue weighted by molar-refractivity contribution is 0.100. The van der Waals surface area contributed by atoms with Crippen LogP contribution in [0.15, 0.2) is 24.5 Å². The topological polar surface area (TPSA) is 60.4 Å². The molecule has 2 aromatic heterocycles. The Hall–Kier alpha value is -1.84. The van der Waals surface area contributed by atoms with Gasteiger partial charge in [0.05, 0.1) is 17.3 Å². The van der Waals surface area contributed by atoms with Gasteiger partial charge in [0.1, 0.15) is 0 Å². The first-order valence-corrected chi connectivity index (χ1v) is 3.93. The highest BCUT2D eigenvalue weighted by Gasteiger charge is 2.10. The summed E-state index contributed by atoms with van der Waals surface area (Å²) in [6.07, 6.45) is 3.28. The number of amides is 1. The highest BCUT2D eigenvalue weighted by atomic mass is 16.1. The summed E-state index contributed by atoms with van der Waals surface area (Å²) in [5.41, 5.74) is 7.45. The zero-order valence-corrected chi connectivity index (χ0v) is 7.19. The highest BCUT2D eigenvalue weighted by molar-refractivity contribution is 6.00. The van der Waals surface area contributed by atoms with Gasteiger partial charge >= 0.3 is 0 Å². The lowest BCUT2D eigenvalue weighted by Crippen LogP contribution is -2.10. The van der Waals surface area contributed by atoms with Crippen molar-refractivity contribution in [2.45, 2.75) is 6.92 Å². The van der Waals surface area contributed by atoms with E-state index >= 15 is 0 Å². The molecule has 0 saturated carbocycles. The fourth-order valence-electron chi connectivity index (χ4n) is 1.40. The van der Waals surface area contributed by atoms with E-state index in [0.717, 1.165) is 11.1 Å². The van der Waals surface area contributed by atoms with Crippen LogP contribution >= 0.6 is 0 Å². The fourth-order valence-corrected chi connectivity index (χ4v) is 1.40. The molecule has 0 aliphatic heterocycles. The van der Waals surface area contributed by atoms with Crippen molar-refractivity contribution in [1.29, 1.82) is 0 Å². The number of carbonyl (C=O) groups excluding carboxylic acids is 1. The third-order valence-electron chi connectivity index (χ3n) is 2.01. The number of primary amides is 1. The van der Waals surface area contributed by atoms with Crippen LogP contribution in [0.5, 0.6) is 0 Å². The van der Waals surface area contributed by atoms with Crippen LogP contribution in [0.1, 0.15) is 15.9 Å². The zero-order chi connectivity index (χ0) is 9.42. The van der Waals surface area contributed by atoms with Gasteiger partial charge in [0.2, 0.25) is 0 Å². The van der Waals surface area contributed by atoms with Crippen molar-refractivity contribution >= 4 is 11.4 Å². The van der Waals surface area contributed by atoms with Gasteiger partial charge in [0.25, 0.3) is 5.91 Å². The van der Waals surface area contributed by atoms with Crippen LogP contribution in [0.4, 0.5) is 0 Å². The van der Waals surface area contributed by atoms with E-state index in [-0.39, 0.29) is 0 Å².